The summed E-state index contributed by atoms with van der Waals surface area (Å²) in [6.07, 6.45) is -0.952. The van der Waals surface area contributed by atoms with Crippen LogP contribution in [0, 0.1) is 0 Å². The zero-order chi connectivity index (χ0) is 19.2. The molecule has 2 aliphatic heterocycles. The van der Waals surface area contributed by atoms with Crippen molar-refractivity contribution in [1.29, 1.82) is 0 Å². The fraction of sp³-hybridized carbons (Fsp3) is 0.611. The highest BCUT2D eigenvalue weighted by Gasteiger charge is 2.35. The van der Waals surface area contributed by atoms with Crippen LogP contribution in [0.3, 0.4) is 0 Å². The van der Waals surface area contributed by atoms with Gasteiger partial charge in [-0.05, 0) is 37.8 Å². The number of ether oxygens (including phenoxy) is 1. The van der Waals surface area contributed by atoms with E-state index in [1.807, 2.05) is 0 Å². The molecule has 3 heterocycles. The number of nitrogens with zero attached hydrogens (tertiary/aromatic N) is 2. The van der Waals surface area contributed by atoms with Crippen molar-refractivity contribution in [2.24, 2.45) is 0 Å². The lowest BCUT2D eigenvalue weighted by atomic mass is 9.99. The molecule has 0 unspecified atom stereocenters. The van der Waals surface area contributed by atoms with Crippen molar-refractivity contribution < 1.29 is 17.9 Å². The van der Waals surface area contributed by atoms with Crippen molar-refractivity contribution in [1.82, 2.24) is 14.5 Å². The van der Waals surface area contributed by atoms with E-state index >= 15 is 0 Å². The van der Waals surface area contributed by atoms with E-state index in [4.69, 9.17) is 16.3 Å². The molecule has 1 aromatic heterocycles. The van der Waals surface area contributed by atoms with Crippen molar-refractivity contribution in [3.8, 4) is 0 Å². The highest BCUT2D eigenvalue weighted by atomic mass is 35.5. The number of rotatable bonds is 2. The molecule has 2 aliphatic rings. The van der Waals surface area contributed by atoms with Crippen LogP contribution in [0.15, 0.2) is 16.9 Å². The third kappa shape index (κ3) is 4.06. The van der Waals surface area contributed by atoms with Crippen LogP contribution < -0.4 is 5.69 Å². The fourth-order valence-corrected chi connectivity index (χ4v) is 4.55. The lowest BCUT2D eigenvalue weighted by Gasteiger charge is -2.39. The van der Waals surface area contributed by atoms with E-state index < -0.39 is 11.7 Å². The number of likely N-dealkylation sites (tertiary alicyclic amines) is 1. The van der Waals surface area contributed by atoms with Crippen molar-refractivity contribution in [2.75, 3.05) is 26.3 Å². The highest BCUT2D eigenvalue weighted by molar-refractivity contribution is 6.32. The first-order valence-electron chi connectivity index (χ1n) is 9.17. The molecule has 10 heteroatoms. The van der Waals surface area contributed by atoms with Crippen LogP contribution in [0.4, 0.5) is 13.2 Å². The number of fused-ring (bicyclic) bond motifs is 1. The summed E-state index contributed by atoms with van der Waals surface area (Å²) in [4.78, 5) is 17.4. The van der Waals surface area contributed by atoms with Crippen LogP contribution >= 0.6 is 24.0 Å². The lowest BCUT2D eigenvalue weighted by Crippen LogP contribution is -2.45. The van der Waals surface area contributed by atoms with Gasteiger partial charge < -0.3 is 14.6 Å². The van der Waals surface area contributed by atoms with E-state index in [-0.39, 0.29) is 34.7 Å². The lowest BCUT2D eigenvalue weighted by molar-refractivity contribution is -0.137. The van der Waals surface area contributed by atoms with Gasteiger partial charge >= 0.3 is 11.9 Å². The summed E-state index contributed by atoms with van der Waals surface area (Å²) < 4.78 is 46.2. The van der Waals surface area contributed by atoms with Gasteiger partial charge in [-0.2, -0.15) is 13.2 Å². The maximum atomic E-state index is 13.1. The highest BCUT2D eigenvalue weighted by Crippen LogP contribution is 2.37. The molecule has 156 valence electrons. The van der Waals surface area contributed by atoms with E-state index in [2.05, 4.69) is 9.88 Å². The van der Waals surface area contributed by atoms with Gasteiger partial charge in [-0.3, -0.25) is 4.57 Å². The molecule has 1 N–H and O–H groups in total. The van der Waals surface area contributed by atoms with Crippen molar-refractivity contribution >= 4 is 35.0 Å². The molecular weight excluding hydrogens is 418 g/mol. The third-order valence-electron chi connectivity index (χ3n) is 5.68. The largest absolute Gasteiger partial charge is 0.417 e. The Hall–Kier alpha value is -1.22. The predicted octanol–water partition coefficient (Wildman–Crippen LogP) is 4.24. The molecule has 0 bridgehead atoms. The molecule has 0 aliphatic carbocycles. The Morgan fingerprint density at radius 1 is 1.07 bits per heavy atom. The van der Waals surface area contributed by atoms with Crippen LogP contribution in [0.5, 0.6) is 0 Å². The predicted molar refractivity (Wildman–Crippen MR) is 104 cm³/mol. The third-order valence-corrected chi connectivity index (χ3v) is 5.99. The zero-order valence-corrected chi connectivity index (χ0v) is 16.7. The van der Waals surface area contributed by atoms with Crippen LogP contribution in [0.2, 0.25) is 5.02 Å². The molecule has 2 aromatic rings. The van der Waals surface area contributed by atoms with E-state index in [0.29, 0.717) is 11.6 Å². The van der Waals surface area contributed by atoms with Gasteiger partial charge in [-0.15, -0.1) is 12.4 Å². The number of imidazole rings is 1. The zero-order valence-electron chi connectivity index (χ0n) is 15.1. The normalized spacial score (nSPS) is 20.4. The number of halogens is 5. The molecular formula is C18H22Cl2F3N3O2. The minimum atomic E-state index is -4.56. The van der Waals surface area contributed by atoms with Gasteiger partial charge in [0.25, 0.3) is 0 Å². The molecule has 0 atom stereocenters. The summed E-state index contributed by atoms with van der Waals surface area (Å²) in [6.45, 7) is 3.30. The summed E-state index contributed by atoms with van der Waals surface area (Å²) in [6, 6.07) is 2.65. The number of aromatic nitrogens is 2. The summed E-state index contributed by atoms with van der Waals surface area (Å²) >= 11 is 5.86. The average Bonchev–Trinajstić information content (AvgIpc) is 2.96. The van der Waals surface area contributed by atoms with Gasteiger partial charge in [0.05, 0.1) is 21.6 Å². The summed E-state index contributed by atoms with van der Waals surface area (Å²) in [5, 5.41) is -0.387. The molecule has 0 radical (unpaired) electrons. The molecule has 2 fully saturated rings. The Morgan fingerprint density at radius 2 is 1.71 bits per heavy atom. The van der Waals surface area contributed by atoms with E-state index in [1.165, 1.54) is 6.07 Å². The van der Waals surface area contributed by atoms with Gasteiger partial charge in [-0.25, -0.2) is 4.79 Å². The number of piperidine rings is 1. The first-order valence-corrected chi connectivity index (χ1v) is 9.55. The maximum Gasteiger partial charge on any atom is 0.417 e. The summed E-state index contributed by atoms with van der Waals surface area (Å²) in [5.41, 5.74) is -0.713. The summed E-state index contributed by atoms with van der Waals surface area (Å²) in [5.74, 6) is 0. The molecule has 2 saturated heterocycles. The van der Waals surface area contributed by atoms with Gasteiger partial charge in [-0.1, -0.05) is 11.6 Å². The molecule has 1 aromatic carbocycles. The van der Waals surface area contributed by atoms with Gasteiger partial charge in [0.15, 0.2) is 0 Å². The second-order valence-corrected chi connectivity index (χ2v) is 7.67. The van der Waals surface area contributed by atoms with E-state index in [9.17, 15) is 18.0 Å². The molecule has 28 heavy (non-hydrogen) atoms. The van der Waals surface area contributed by atoms with Crippen molar-refractivity contribution in [3.63, 3.8) is 0 Å². The Labute approximate surface area is 171 Å². The first-order chi connectivity index (χ1) is 12.8. The SMILES string of the molecule is Cl.O=c1[nH]c2cc(C(F)(F)F)c(Cl)cc2n1C1CCN(C2CCOCC2)CC1. The van der Waals surface area contributed by atoms with Crippen LogP contribution in [0.1, 0.15) is 37.3 Å². The number of H-pyrrole nitrogens is 1. The van der Waals surface area contributed by atoms with Gasteiger partial charge in [0, 0.05) is 38.4 Å². The minimum absolute atomic E-state index is 0. The number of alkyl halides is 3. The number of hydrogen-bond donors (Lipinski definition) is 1. The molecule has 0 saturated carbocycles. The molecule has 0 spiro atoms. The Bertz CT molecular complexity index is 883. The minimum Gasteiger partial charge on any atom is -0.381 e. The maximum absolute atomic E-state index is 13.1. The summed E-state index contributed by atoms with van der Waals surface area (Å²) in [7, 11) is 0. The van der Waals surface area contributed by atoms with Gasteiger partial charge in [0.2, 0.25) is 0 Å². The first kappa shape index (κ1) is 21.5. The molecule has 4 rings (SSSR count). The molecule has 5 nitrogen and oxygen atoms in total. The smallest absolute Gasteiger partial charge is 0.381 e. The Balaban J connectivity index is 0.00000225. The van der Waals surface area contributed by atoms with Gasteiger partial charge in [0.1, 0.15) is 0 Å². The second-order valence-electron chi connectivity index (χ2n) is 7.26. The second kappa shape index (κ2) is 8.26. The topological polar surface area (TPSA) is 50.3 Å². The number of nitrogens with one attached hydrogen (secondary N) is 1. The van der Waals surface area contributed by atoms with E-state index in [1.54, 1.807) is 4.57 Å². The number of benzene rings is 1. The van der Waals surface area contributed by atoms with Crippen molar-refractivity contribution in [2.45, 2.75) is 43.9 Å². The fourth-order valence-electron chi connectivity index (χ4n) is 4.29. The Morgan fingerprint density at radius 3 is 2.32 bits per heavy atom. The van der Waals surface area contributed by atoms with Crippen LogP contribution in [-0.4, -0.2) is 46.8 Å². The average molecular weight is 440 g/mol. The quantitative estimate of drug-likeness (QED) is 0.760. The number of hydrogen-bond acceptors (Lipinski definition) is 3. The Kier molecular flexibility index (Phi) is 6.34. The van der Waals surface area contributed by atoms with Crippen LogP contribution in [-0.2, 0) is 10.9 Å². The van der Waals surface area contributed by atoms with E-state index in [0.717, 1.165) is 58.1 Å². The monoisotopic (exact) mass is 439 g/mol. The van der Waals surface area contributed by atoms with Crippen molar-refractivity contribution in [3.05, 3.63) is 33.2 Å². The standard InChI is InChI=1S/C18H21ClF3N3O2.ClH/c19-14-10-16-15(9-13(14)18(20,21)22)23-17(26)25(16)12-1-5-24(6-2-12)11-3-7-27-8-4-11;/h9-12H,1-8H2,(H,23,26);1H. The molecule has 0 amide bonds. The number of aromatic amines is 1. The van der Waals surface area contributed by atoms with Crippen LogP contribution in [0.25, 0.3) is 11.0 Å².